The van der Waals surface area contributed by atoms with Crippen LogP contribution in [-0.4, -0.2) is 17.3 Å². The van der Waals surface area contributed by atoms with E-state index in [-0.39, 0.29) is 0 Å². The fourth-order valence-corrected chi connectivity index (χ4v) is 1.05. The number of hydrogen-bond acceptors (Lipinski definition) is 4. The topological polar surface area (TPSA) is 58.6 Å². The average Bonchev–Trinajstić information content (AvgIpc) is 2.07. The molecule has 1 atom stereocenters. The number of anilines is 1. The minimum Gasteiger partial charge on any atom is -0.421 e. The molecule has 0 bridgehead atoms. The minimum absolute atomic E-state index is 0.452. The first kappa shape index (κ1) is 7.12. The number of esters is 1. The third-order valence-corrected chi connectivity index (χ3v) is 1.61. The number of nitrogens with one attached hydrogen (secondary N) is 1. The van der Waals surface area contributed by atoms with Crippen molar-refractivity contribution in [3.05, 3.63) is 24.3 Å². The van der Waals surface area contributed by atoms with Crippen LogP contribution < -0.4 is 10.1 Å². The summed E-state index contributed by atoms with van der Waals surface area (Å²) in [5.41, 5.74) is 0.629. The van der Waals surface area contributed by atoms with Crippen molar-refractivity contribution in [2.75, 3.05) is 5.32 Å². The summed E-state index contributed by atoms with van der Waals surface area (Å²) < 4.78 is 4.79. The van der Waals surface area contributed by atoms with Crippen molar-refractivity contribution in [3.8, 4) is 5.75 Å². The molecule has 0 fully saturated rings. The highest BCUT2D eigenvalue weighted by molar-refractivity contribution is 5.85. The molecule has 0 spiro atoms. The van der Waals surface area contributed by atoms with Gasteiger partial charge in [0.05, 0.1) is 5.69 Å². The van der Waals surface area contributed by atoms with Crippen LogP contribution in [-0.2, 0) is 4.79 Å². The molecule has 1 unspecified atom stereocenters. The number of carbonyl (C=O) groups excluding carboxylic acids is 1. The van der Waals surface area contributed by atoms with E-state index in [1.807, 2.05) is 0 Å². The summed E-state index contributed by atoms with van der Waals surface area (Å²) in [5.74, 6) is -0.221. The Hall–Kier alpha value is -1.55. The van der Waals surface area contributed by atoms with Gasteiger partial charge in [-0.05, 0) is 12.1 Å². The van der Waals surface area contributed by atoms with Crippen LogP contribution in [0.15, 0.2) is 24.3 Å². The largest absolute Gasteiger partial charge is 0.421 e. The lowest BCUT2D eigenvalue weighted by Crippen LogP contribution is -2.36. The molecule has 4 nitrogen and oxygen atoms in total. The summed E-state index contributed by atoms with van der Waals surface area (Å²) in [7, 11) is 0. The number of carbonyl (C=O) groups is 1. The molecule has 0 radical (unpaired) electrons. The number of hydrogen-bond donors (Lipinski definition) is 2. The summed E-state index contributed by atoms with van der Waals surface area (Å²) in [4.78, 5) is 10.8. The van der Waals surface area contributed by atoms with Crippen molar-refractivity contribution in [3.63, 3.8) is 0 Å². The van der Waals surface area contributed by atoms with E-state index in [1.165, 1.54) is 0 Å². The van der Waals surface area contributed by atoms with Gasteiger partial charge in [0.15, 0.2) is 5.75 Å². The van der Waals surface area contributed by atoms with Crippen molar-refractivity contribution in [2.45, 2.75) is 6.23 Å². The summed E-state index contributed by atoms with van der Waals surface area (Å²) in [6.45, 7) is 0. The van der Waals surface area contributed by atoms with Gasteiger partial charge in [0.1, 0.15) is 0 Å². The fraction of sp³-hybridized carbons (Fsp3) is 0.125. The molecule has 12 heavy (non-hydrogen) atoms. The van der Waals surface area contributed by atoms with Crippen LogP contribution in [0.3, 0.4) is 0 Å². The van der Waals surface area contributed by atoms with Crippen molar-refractivity contribution in [2.24, 2.45) is 0 Å². The molecule has 2 rings (SSSR count). The van der Waals surface area contributed by atoms with E-state index in [4.69, 9.17) is 9.84 Å². The fourth-order valence-electron chi connectivity index (χ4n) is 1.05. The molecule has 2 N–H and O–H groups in total. The monoisotopic (exact) mass is 165 g/mol. The van der Waals surface area contributed by atoms with Crippen LogP contribution in [0.4, 0.5) is 5.69 Å². The van der Waals surface area contributed by atoms with E-state index < -0.39 is 12.2 Å². The van der Waals surface area contributed by atoms with Crippen molar-refractivity contribution >= 4 is 11.7 Å². The zero-order chi connectivity index (χ0) is 8.55. The van der Waals surface area contributed by atoms with Gasteiger partial charge in [0.2, 0.25) is 6.23 Å². The van der Waals surface area contributed by atoms with Gasteiger partial charge in [-0.2, -0.15) is 0 Å². The lowest BCUT2D eigenvalue weighted by molar-refractivity contribution is -0.143. The molecule has 1 aromatic rings. The Morgan fingerprint density at radius 2 is 2.17 bits per heavy atom. The van der Waals surface area contributed by atoms with Crippen LogP contribution in [0.5, 0.6) is 5.75 Å². The number of aliphatic hydroxyl groups excluding tert-OH is 1. The van der Waals surface area contributed by atoms with Gasteiger partial charge in [-0.15, -0.1) is 0 Å². The Bertz CT molecular complexity index is 324. The second-order valence-corrected chi connectivity index (χ2v) is 2.46. The zero-order valence-electron chi connectivity index (χ0n) is 6.15. The average molecular weight is 165 g/mol. The van der Waals surface area contributed by atoms with Gasteiger partial charge < -0.3 is 15.2 Å². The molecule has 4 heteroatoms. The van der Waals surface area contributed by atoms with E-state index in [1.54, 1.807) is 24.3 Å². The lowest BCUT2D eigenvalue weighted by atomic mass is 10.2. The van der Waals surface area contributed by atoms with Crippen molar-refractivity contribution < 1.29 is 14.6 Å². The van der Waals surface area contributed by atoms with Gasteiger partial charge >= 0.3 is 5.97 Å². The van der Waals surface area contributed by atoms with E-state index >= 15 is 0 Å². The summed E-state index contributed by atoms with van der Waals surface area (Å²) in [6, 6.07) is 6.93. The molecule has 0 aromatic heterocycles. The number of ether oxygens (including phenoxy) is 1. The van der Waals surface area contributed by atoms with Gasteiger partial charge in [-0.25, -0.2) is 4.79 Å². The third kappa shape index (κ3) is 1.02. The maximum absolute atomic E-state index is 10.8. The standard InChI is InChI=1S/C8H7NO3/c10-7-8(11)12-6-4-2-1-3-5(6)9-7/h1-4,7,9-10H. The SMILES string of the molecule is O=C1Oc2ccccc2NC1O. The Morgan fingerprint density at radius 3 is 3.00 bits per heavy atom. The molecule has 0 aliphatic carbocycles. The van der Waals surface area contributed by atoms with E-state index in [9.17, 15) is 4.79 Å². The van der Waals surface area contributed by atoms with Crippen LogP contribution in [0.2, 0.25) is 0 Å². The number of rotatable bonds is 0. The quantitative estimate of drug-likeness (QED) is 0.430. The molecule has 1 heterocycles. The highest BCUT2D eigenvalue weighted by Crippen LogP contribution is 2.27. The molecular weight excluding hydrogens is 158 g/mol. The predicted molar refractivity (Wildman–Crippen MR) is 41.7 cm³/mol. The smallest absolute Gasteiger partial charge is 0.361 e. The summed E-state index contributed by atoms with van der Waals surface area (Å²) in [5, 5.41) is 11.6. The van der Waals surface area contributed by atoms with Crippen LogP contribution in [0.1, 0.15) is 0 Å². The van der Waals surface area contributed by atoms with Gasteiger partial charge in [0, 0.05) is 0 Å². The normalized spacial score (nSPS) is 20.8. The zero-order valence-corrected chi connectivity index (χ0v) is 6.15. The molecule has 62 valence electrons. The Labute approximate surface area is 68.8 Å². The Balaban J connectivity index is 2.40. The summed E-state index contributed by atoms with van der Waals surface area (Å²) in [6.07, 6.45) is -1.25. The maximum Gasteiger partial charge on any atom is 0.361 e. The van der Waals surface area contributed by atoms with Gasteiger partial charge in [-0.3, -0.25) is 0 Å². The third-order valence-electron chi connectivity index (χ3n) is 1.61. The number of aliphatic hydroxyl groups is 1. The van der Waals surface area contributed by atoms with E-state index in [2.05, 4.69) is 5.32 Å². The van der Waals surface area contributed by atoms with Crippen molar-refractivity contribution in [1.82, 2.24) is 0 Å². The molecule has 1 aliphatic heterocycles. The maximum atomic E-state index is 10.8. The van der Waals surface area contributed by atoms with Gasteiger partial charge in [0.25, 0.3) is 0 Å². The lowest BCUT2D eigenvalue weighted by Gasteiger charge is -2.21. The van der Waals surface area contributed by atoms with E-state index in [0.717, 1.165) is 0 Å². The first-order valence-electron chi connectivity index (χ1n) is 3.53. The van der Waals surface area contributed by atoms with Crippen LogP contribution >= 0.6 is 0 Å². The molecule has 0 saturated heterocycles. The number of benzene rings is 1. The van der Waals surface area contributed by atoms with Crippen molar-refractivity contribution in [1.29, 1.82) is 0 Å². The molecular formula is C8H7NO3. The Morgan fingerprint density at radius 1 is 1.42 bits per heavy atom. The van der Waals surface area contributed by atoms with Crippen LogP contribution in [0, 0.1) is 0 Å². The van der Waals surface area contributed by atoms with Crippen LogP contribution in [0.25, 0.3) is 0 Å². The highest BCUT2D eigenvalue weighted by atomic mass is 16.6. The molecule has 0 amide bonds. The minimum atomic E-state index is -1.25. The predicted octanol–water partition coefficient (Wildman–Crippen LogP) is 0.336. The first-order chi connectivity index (χ1) is 5.77. The summed E-state index contributed by atoms with van der Waals surface area (Å²) >= 11 is 0. The Kier molecular flexibility index (Phi) is 1.48. The second-order valence-electron chi connectivity index (χ2n) is 2.46. The number of para-hydroxylation sites is 2. The highest BCUT2D eigenvalue weighted by Gasteiger charge is 2.24. The molecule has 0 saturated carbocycles. The van der Waals surface area contributed by atoms with Gasteiger partial charge in [-0.1, -0.05) is 12.1 Å². The van der Waals surface area contributed by atoms with E-state index in [0.29, 0.717) is 11.4 Å². The first-order valence-corrected chi connectivity index (χ1v) is 3.53. The molecule has 1 aromatic carbocycles. The second kappa shape index (κ2) is 2.49. The number of fused-ring (bicyclic) bond motifs is 1. The molecule has 1 aliphatic rings.